The van der Waals surface area contributed by atoms with Gasteiger partial charge in [-0.05, 0) is 38.8 Å². The largest absolute Gasteiger partial charge is 0.458 e. The van der Waals surface area contributed by atoms with E-state index >= 15 is 0 Å². The molecule has 0 bridgehead atoms. The Morgan fingerprint density at radius 2 is 1.65 bits per heavy atom. The standard InChI is InChI=1S/C7H6Br2Cl2F2O4/c1-3(17-5(15)7(9,11)13)2-16-4(14)6(8,10)12/h3H,2H2,1H3/t3-,6-,7-/m1/s1. The molecule has 0 saturated carbocycles. The summed E-state index contributed by atoms with van der Waals surface area (Å²) in [5.41, 5.74) is 0. The number of hydrogen-bond donors (Lipinski definition) is 0. The highest BCUT2D eigenvalue weighted by molar-refractivity contribution is 9.10. The van der Waals surface area contributed by atoms with Gasteiger partial charge in [-0.15, -0.1) is 0 Å². The van der Waals surface area contributed by atoms with Crippen molar-refractivity contribution in [3.63, 3.8) is 0 Å². The van der Waals surface area contributed by atoms with E-state index in [0.29, 0.717) is 0 Å². The first-order valence-corrected chi connectivity index (χ1v) is 6.30. The molecule has 0 rings (SSSR count). The van der Waals surface area contributed by atoms with Crippen LogP contribution in [0.3, 0.4) is 0 Å². The second kappa shape index (κ2) is 6.49. The fraction of sp³-hybridized carbons (Fsp3) is 0.714. The van der Waals surface area contributed by atoms with Gasteiger partial charge in [0.15, 0.2) is 0 Å². The van der Waals surface area contributed by atoms with Gasteiger partial charge < -0.3 is 9.47 Å². The van der Waals surface area contributed by atoms with Crippen LogP contribution in [0.5, 0.6) is 0 Å². The maximum absolute atomic E-state index is 12.7. The highest BCUT2D eigenvalue weighted by atomic mass is 79.9. The summed E-state index contributed by atoms with van der Waals surface area (Å²) in [7, 11) is 0. The Morgan fingerprint density at radius 1 is 1.24 bits per heavy atom. The van der Waals surface area contributed by atoms with Crippen LogP contribution in [-0.4, -0.2) is 32.7 Å². The highest BCUT2D eigenvalue weighted by Crippen LogP contribution is 2.28. The zero-order valence-electron chi connectivity index (χ0n) is 8.19. The smallest absolute Gasteiger partial charge is 0.371 e. The Labute approximate surface area is 122 Å². The molecule has 0 fully saturated rings. The molecule has 0 radical (unpaired) electrons. The van der Waals surface area contributed by atoms with Crippen molar-refractivity contribution in [3.05, 3.63) is 0 Å². The molecule has 17 heavy (non-hydrogen) atoms. The Balaban J connectivity index is 4.10. The van der Waals surface area contributed by atoms with Crippen LogP contribution in [0.4, 0.5) is 8.78 Å². The van der Waals surface area contributed by atoms with Crippen LogP contribution >= 0.6 is 55.1 Å². The minimum Gasteiger partial charge on any atom is -0.458 e. The van der Waals surface area contributed by atoms with Gasteiger partial charge in [-0.25, -0.2) is 18.4 Å². The predicted octanol–water partition coefficient (Wildman–Crippen LogP) is 2.98. The van der Waals surface area contributed by atoms with Crippen LogP contribution in [0, 0.1) is 0 Å². The molecule has 0 unspecified atom stereocenters. The monoisotopic (exact) mass is 420 g/mol. The SMILES string of the molecule is C[C@H](COC(=O)[C@](F)(Cl)Br)OC(=O)[C@](F)(Cl)Br. The van der Waals surface area contributed by atoms with E-state index in [1.54, 1.807) is 0 Å². The normalized spacial score (nSPS) is 19.7. The molecule has 0 spiro atoms. The number of ether oxygens (including phenoxy) is 2. The van der Waals surface area contributed by atoms with Gasteiger partial charge in [0.2, 0.25) is 0 Å². The number of esters is 2. The number of rotatable bonds is 5. The third kappa shape index (κ3) is 7.38. The summed E-state index contributed by atoms with van der Waals surface area (Å²) in [5, 5.41) is 0. The first-order chi connectivity index (χ1) is 7.44. The maximum Gasteiger partial charge on any atom is 0.371 e. The van der Waals surface area contributed by atoms with Crippen LogP contribution in [0.15, 0.2) is 0 Å². The molecule has 3 atom stereocenters. The zero-order chi connectivity index (χ0) is 13.9. The molecule has 0 aromatic rings. The zero-order valence-corrected chi connectivity index (χ0v) is 12.9. The third-order valence-electron chi connectivity index (χ3n) is 1.22. The lowest BCUT2D eigenvalue weighted by molar-refractivity contribution is -0.162. The summed E-state index contributed by atoms with van der Waals surface area (Å²) in [4.78, 5) is 21.7. The maximum atomic E-state index is 12.7. The minimum atomic E-state index is -2.86. The summed E-state index contributed by atoms with van der Waals surface area (Å²) >= 11 is 14.3. The third-order valence-corrected chi connectivity index (χ3v) is 2.18. The average molecular weight is 423 g/mol. The summed E-state index contributed by atoms with van der Waals surface area (Å²) in [5.74, 6) is -2.84. The van der Waals surface area contributed by atoms with Gasteiger partial charge in [0.1, 0.15) is 12.7 Å². The van der Waals surface area contributed by atoms with Crippen molar-refractivity contribution in [1.29, 1.82) is 0 Å². The molecule has 0 aliphatic heterocycles. The Hall–Kier alpha value is 0.340. The van der Waals surface area contributed by atoms with E-state index in [1.165, 1.54) is 6.92 Å². The molecular formula is C7H6Br2Cl2F2O4. The molecule has 0 heterocycles. The first kappa shape index (κ1) is 17.3. The molecule has 100 valence electrons. The number of carbonyl (C=O) groups is 2. The highest BCUT2D eigenvalue weighted by Gasteiger charge is 2.37. The van der Waals surface area contributed by atoms with Gasteiger partial charge >= 0.3 is 20.0 Å². The molecule has 0 aromatic carbocycles. The minimum absolute atomic E-state index is 0.505. The quantitative estimate of drug-likeness (QED) is 0.505. The van der Waals surface area contributed by atoms with Gasteiger partial charge in [-0.2, -0.15) is 0 Å². The molecule has 10 heteroatoms. The molecule has 4 nitrogen and oxygen atoms in total. The van der Waals surface area contributed by atoms with Crippen LogP contribution in [0.25, 0.3) is 0 Å². The van der Waals surface area contributed by atoms with Crippen LogP contribution < -0.4 is 0 Å². The van der Waals surface area contributed by atoms with Crippen molar-refractivity contribution >= 4 is 67.0 Å². The fourth-order valence-corrected chi connectivity index (χ4v) is 0.865. The topological polar surface area (TPSA) is 52.6 Å². The fourth-order valence-electron chi connectivity index (χ4n) is 0.558. The van der Waals surface area contributed by atoms with Crippen molar-refractivity contribution in [2.45, 2.75) is 21.1 Å². The molecule has 0 amide bonds. The van der Waals surface area contributed by atoms with E-state index in [2.05, 4.69) is 41.3 Å². The van der Waals surface area contributed by atoms with Crippen molar-refractivity contribution in [1.82, 2.24) is 0 Å². The summed E-state index contributed by atoms with van der Waals surface area (Å²) in [6, 6.07) is 0. The number of halogens is 6. The van der Waals surface area contributed by atoms with Gasteiger partial charge in [0.25, 0.3) is 0 Å². The van der Waals surface area contributed by atoms with Gasteiger partial charge in [-0.3, -0.25) is 0 Å². The van der Waals surface area contributed by atoms with E-state index < -0.39 is 32.7 Å². The first-order valence-electron chi connectivity index (χ1n) is 3.96. The van der Waals surface area contributed by atoms with Crippen molar-refractivity contribution < 1.29 is 27.8 Å². The van der Waals surface area contributed by atoms with E-state index in [1.807, 2.05) is 0 Å². The van der Waals surface area contributed by atoms with Gasteiger partial charge in [-0.1, -0.05) is 23.2 Å². The Kier molecular flexibility index (Phi) is 6.62. The second-order valence-electron chi connectivity index (χ2n) is 2.81. The average Bonchev–Trinajstić information content (AvgIpc) is 2.10. The predicted molar refractivity (Wildman–Crippen MR) is 63.8 cm³/mol. The number of hydrogen-bond acceptors (Lipinski definition) is 4. The molecule has 0 aliphatic carbocycles. The van der Waals surface area contributed by atoms with E-state index in [4.69, 9.17) is 23.2 Å². The molecular weight excluding hydrogens is 417 g/mol. The van der Waals surface area contributed by atoms with E-state index in [0.717, 1.165) is 0 Å². The Bertz CT molecular complexity index is 303. The summed E-state index contributed by atoms with van der Waals surface area (Å²) in [6.45, 7) is 0.776. The molecule has 0 N–H and O–H groups in total. The van der Waals surface area contributed by atoms with Crippen molar-refractivity contribution in [2.75, 3.05) is 6.61 Å². The Morgan fingerprint density at radius 3 is 2.00 bits per heavy atom. The van der Waals surface area contributed by atoms with Gasteiger partial charge in [0.05, 0.1) is 0 Å². The number of alkyl halides is 6. The number of carbonyl (C=O) groups excluding carboxylic acids is 2. The van der Waals surface area contributed by atoms with Crippen LogP contribution in [0.1, 0.15) is 6.92 Å². The van der Waals surface area contributed by atoms with E-state index in [9.17, 15) is 18.4 Å². The van der Waals surface area contributed by atoms with Crippen LogP contribution in [0.2, 0.25) is 0 Å². The van der Waals surface area contributed by atoms with Crippen molar-refractivity contribution in [3.8, 4) is 0 Å². The lowest BCUT2D eigenvalue weighted by atomic mass is 10.4. The summed E-state index contributed by atoms with van der Waals surface area (Å²) in [6.07, 6.45) is -1.02. The second-order valence-corrected chi connectivity index (χ2v) is 6.95. The molecule has 0 aromatic heterocycles. The van der Waals surface area contributed by atoms with Crippen molar-refractivity contribution in [2.24, 2.45) is 0 Å². The molecule has 0 saturated heterocycles. The lowest BCUT2D eigenvalue weighted by Crippen LogP contribution is -2.31. The summed E-state index contributed by atoms with van der Waals surface area (Å²) < 4.78 is 28.5. The van der Waals surface area contributed by atoms with Gasteiger partial charge in [0, 0.05) is 0 Å². The lowest BCUT2D eigenvalue weighted by Gasteiger charge is -2.17. The van der Waals surface area contributed by atoms with E-state index in [-0.39, 0.29) is 0 Å². The molecule has 0 aliphatic rings. The van der Waals surface area contributed by atoms with Crippen LogP contribution in [-0.2, 0) is 19.1 Å².